The summed E-state index contributed by atoms with van der Waals surface area (Å²) in [5, 5.41) is 1.84. The lowest BCUT2D eigenvalue weighted by molar-refractivity contribution is 0.0916. The molecule has 2 aliphatic rings. The Morgan fingerprint density at radius 1 is 1.27 bits per heavy atom. The van der Waals surface area contributed by atoms with Gasteiger partial charge in [0.15, 0.2) is 0 Å². The summed E-state index contributed by atoms with van der Waals surface area (Å²) in [4.78, 5) is 18.1. The average molecular weight is 449 g/mol. The highest BCUT2D eigenvalue weighted by Crippen LogP contribution is 2.42. The molecule has 2 heterocycles. The zero-order chi connectivity index (χ0) is 21.1. The first kappa shape index (κ1) is 21.1. The number of benzene rings is 1. The lowest BCUT2D eigenvalue weighted by Crippen LogP contribution is -2.41. The average Bonchev–Trinajstić information content (AvgIpc) is 3.12. The Kier molecular flexibility index (Phi) is 6.59. The second kappa shape index (κ2) is 9.36. The molecule has 0 fully saturated rings. The van der Waals surface area contributed by atoms with Crippen molar-refractivity contribution in [3.63, 3.8) is 0 Å². The van der Waals surface area contributed by atoms with Crippen LogP contribution in [0.5, 0.6) is 0 Å². The normalized spacial score (nSPS) is 18.6. The first-order valence-electron chi connectivity index (χ1n) is 10.4. The van der Waals surface area contributed by atoms with Crippen LogP contribution < -0.4 is 0 Å². The number of fused-ring (bicyclic) bond motifs is 3. The number of nitrogens with zero attached hydrogens (tertiary/aromatic N) is 1. The van der Waals surface area contributed by atoms with E-state index in [1.165, 1.54) is 11.1 Å². The van der Waals surface area contributed by atoms with Crippen LogP contribution in [-0.4, -0.2) is 41.6 Å². The van der Waals surface area contributed by atoms with E-state index in [9.17, 15) is 4.79 Å². The van der Waals surface area contributed by atoms with Gasteiger partial charge in [0.25, 0.3) is 0 Å². The molecule has 4 rings (SSSR count). The summed E-state index contributed by atoms with van der Waals surface area (Å²) in [6, 6.07) is 5.71. The summed E-state index contributed by atoms with van der Waals surface area (Å²) < 4.78 is 11.2. The van der Waals surface area contributed by atoms with Gasteiger partial charge in [0, 0.05) is 40.5 Å². The van der Waals surface area contributed by atoms with Crippen LogP contribution in [0.1, 0.15) is 43.5 Å². The summed E-state index contributed by atoms with van der Waals surface area (Å²) >= 11 is 12.0. The van der Waals surface area contributed by atoms with Gasteiger partial charge < -0.3 is 14.5 Å². The number of carbonyl (C=O) groups excluding carboxylic acids is 1. The molecule has 1 N–H and O–H groups in total. The monoisotopic (exact) mass is 448 g/mol. The number of hydrogen-bond donors (Lipinski definition) is 1. The molecule has 1 unspecified atom stereocenters. The molecule has 160 valence electrons. The predicted molar refractivity (Wildman–Crippen MR) is 120 cm³/mol. The van der Waals surface area contributed by atoms with Gasteiger partial charge >= 0.3 is 6.09 Å². The Balaban J connectivity index is 1.70. The van der Waals surface area contributed by atoms with Crippen LogP contribution in [0.2, 0.25) is 5.02 Å². The predicted octanol–water partition coefficient (Wildman–Crippen LogP) is 6.13. The fourth-order valence-corrected chi connectivity index (χ4v) is 4.57. The Morgan fingerprint density at radius 2 is 2.13 bits per heavy atom. The molecular weight excluding hydrogens is 423 g/mol. The summed E-state index contributed by atoms with van der Waals surface area (Å²) in [7, 11) is 0. The first-order valence-corrected chi connectivity index (χ1v) is 11.4. The van der Waals surface area contributed by atoms with Gasteiger partial charge in [-0.05, 0) is 61.6 Å². The summed E-state index contributed by atoms with van der Waals surface area (Å²) in [6.07, 6.45) is 7.05. The van der Waals surface area contributed by atoms with Crippen LogP contribution in [0.3, 0.4) is 0 Å². The van der Waals surface area contributed by atoms with Gasteiger partial charge in [-0.1, -0.05) is 17.7 Å². The first-order chi connectivity index (χ1) is 14.6. The lowest BCUT2D eigenvalue weighted by atomic mass is 9.88. The zero-order valence-corrected chi connectivity index (χ0v) is 18.6. The maximum Gasteiger partial charge on any atom is 0.410 e. The van der Waals surface area contributed by atoms with Gasteiger partial charge in [-0.3, -0.25) is 4.90 Å². The quantitative estimate of drug-likeness (QED) is 0.427. The molecule has 7 heteroatoms. The van der Waals surface area contributed by atoms with E-state index in [1.807, 2.05) is 36.1 Å². The van der Waals surface area contributed by atoms with Crippen molar-refractivity contribution in [2.75, 3.05) is 25.6 Å². The van der Waals surface area contributed by atoms with Gasteiger partial charge in [-0.25, -0.2) is 4.79 Å². The number of nitrogens with one attached hydrogen (secondary N) is 1. The smallest absolute Gasteiger partial charge is 0.410 e. The molecule has 1 aromatic carbocycles. The molecule has 0 saturated carbocycles. The second-order valence-electron chi connectivity index (χ2n) is 7.52. The van der Waals surface area contributed by atoms with Crippen LogP contribution in [0, 0.1) is 0 Å². The standard InChI is InChI=1S/C23H26Cl2N2O3/c1-2-29-23(28)27-12-10-18-19-14-16(25)6-9-20(19)26-21(18)22(27)15-4-7-17(8-5-15)30-13-3-11-24/h4,6-7,9,14,22,26H,2-3,5,8,10-13H2,1H3. The van der Waals surface area contributed by atoms with Gasteiger partial charge in [-0.2, -0.15) is 0 Å². The van der Waals surface area contributed by atoms with Gasteiger partial charge in [0.2, 0.25) is 0 Å². The molecule has 1 atom stereocenters. The summed E-state index contributed by atoms with van der Waals surface area (Å²) in [5.74, 6) is 1.56. The minimum atomic E-state index is -0.279. The molecule has 1 aromatic heterocycles. The molecule has 1 aliphatic carbocycles. The van der Waals surface area contributed by atoms with Crippen LogP contribution in [0.15, 0.2) is 41.7 Å². The minimum absolute atomic E-state index is 0.181. The third-order valence-electron chi connectivity index (χ3n) is 5.65. The SMILES string of the molecule is CCOC(=O)N1CCc2c([nH]c3ccc(Cl)cc23)C1C1=CC=C(OCCCCl)CC1. The Morgan fingerprint density at radius 3 is 2.87 bits per heavy atom. The van der Waals surface area contributed by atoms with Crippen molar-refractivity contribution < 1.29 is 14.3 Å². The second-order valence-corrected chi connectivity index (χ2v) is 8.33. The third kappa shape index (κ3) is 4.19. The van der Waals surface area contributed by atoms with E-state index in [2.05, 4.69) is 11.1 Å². The largest absolute Gasteiger partial charge is 0.498 e. The van der Waals surface area contributed by atoms with E-state index in [-0.39, 0.29) is 12.1 Å². The Hall–Kier alpha value is -2.11. The highest BCUT2D eigenvalue weighted by atomic mass is 35.5. The number of halogens is 2. The van der Waals surface area contributed by atoms with Crippen LogP contribution in [0.25, 0.3) is 10.9 Å². The number of carbonyl (C=O) groups is 1. The molecule has 0 bridgehead atoms. The van der Waals surface area contributed by atoms with Crippen molar-refractivity contribution >= 4 is 40.2 Å². The maximum absolute atomic E-state index is 12.8. The van der Waals surface area contributed by atoms with E-state index >= 15 is 0 Å². The number of aromatic nitrogens is 1. The lowest BCUT2D eigenvalue weighted by Gasteiger charge is -2.37. The van der Waals surface area contributed by atoms with E-state index in [0.717, 1.165) is 48.0 Å². The summed E-state index contributed by atoms with van der Waals surface area (Å²) in [6.45, 7) is 3.43. The van der Waals surface area contributed by atoms with Crippen molar-refractivity contribution in [3.8, 4) is 0 Å². The highest BCUT2D eigenvalue weighted by molar-refractivity contribution is 6.31. The molecule has 0 spiro atoms. The molecule has 30 heavy (non-hydrogen) atoms. The van der Waals surface area contributed by atoms with Crippen molar-refractivity contribution in [2.24, 2.45) is 0 Å². The van der Waals surface area contributed by atoms with E-state index < -0.39 is 0 Å². The van der Waals surface area contributed by atoms with E-state index in [0.29, 0.717) is 30.7 Å². The van der Waals surface area contributed by atoms with Crippen molar-refractivity contribution in [1.29, 1.82) is 0 Å². The Labute approximate surface area is 186 Å². The Bertz CT molecular complexity index is 996. The van der Waals surface area contributed by atoms with Gasteiger partial charge in [0.05, 0.1) is 25.0 Å². The van der Waals surface area contributed by atoms with Crippen LogP contribution in [0.4, 0.5) is 4.79 Å². The molecule has 5 nitrogen and oxygen atoms in total. The molecule has 1 amide bonds. The topological polar surface area (TPSA) is 54.6 Å². The number of ether oxygens (including phenoxy) is 2. The van der Waals surface area contributed by atoms with Crippen LogP contribution in [-0.2, 0) is 15.9 Å². The highest BCUT2D eigenvalue weighted by Gasteiger charge is 2.36. The van der Waals surface area contributed by atoms with Crippen molar-refractivity contribution in [1.82, 2.24) is 9.88 Å². The molecule has 0 radical (unpaired) electrons. The number of amides is 1. The summed E-state index contributed by atoms with van der Waals surface area (Å²) in [5.41, 5.74) is 4.49. The fourth-order valence-electron chi connectivity index (χ4n) is 4.29. The number of rotatable bonds is 6. The van der Waals surface area contributed by atoms with Crippen molar-refractivity contribution in [3.05, 3.63) is 58.0 Å². The molecular formula is C23H26Cl2N2O3. The fraction of sp³-hybridized carbons (Fsp3) is 0.435. The zero-order valence-electron chi connectivity index (χ0n) is 17.0. The number of allylic oxidation sites excluding steroid dienone is 3. The van der Waals surface area contributed by atoms with E-state index in [4.69, 9.17) is 32.7 Å². The van der Waals surface area contributed by atoms with E-state index in [1.54, 1.807) is 0 Å². The van der Waals surface area contributed by atoms with Crippen molar-refractivity contribution in [2.45, 2.75) is 38.6 Å². The number of hydrogen-bond acceptors (Lipinski definition) is 3. The number of alkyl halides is 1. The maximum atomic E-state index is 12.8. The number of aromatic amines is 1. The molecule has 1 aliphatic heterocycles. The molecule has 2 aromatic rings. The third-order valence-corrected chi connectivity index (χ3v) is 6.15. The number of H-pyrrole nitrogens is 1. The molecule has 0 saturated heterocycles. The van der Waals surface area contributed by atoms with Gasteiger partial charge in [0.1, 0.15) is 0 Å². The minimum Gasteiger partial charge on any atom is -0.498 e. The van der Waals surface area contributed by atoms with Gasteiger partial charge in [-0.15, -0.1) is 11.6 Å². The van der Waals surface area contributed by atoms with Crippen LogP contribution >= 0.6 is 23.2 Å².